The van der Waals surface area contributed by atoms with E-state index in [0.29, 0.717) is 17.0 Å². The quantitative estimate of drug-likeness (QED) is 0.745. The first-order chi connectivity index (χ1) is 10.7. The predicted molar refractivity (Wildman–Crippen MR) is 77.6 cm³/mol. The molecule has 0 fully saturated rings. The van der Waals surface area contributed by atoms with Gasteiger partial charge in [-0.2, -0.15) is 4.98 Å². The lowest BCUT2D eigenvalue weighted by Gasteiger charge is -2.02. The largest absolute Gasteiger partial charge is 0.508 e. The normalized spacial score (nSPS) is 10.8. The summed E-state index contributed by atoms with van der Waals surface area (Å²) in [6, 6.07) is 6.52. The first-order valence-electron chi connectivity index (χ1n) is 6.41. The van der Waals surface area contributed by atoms with Gasteiger partial charge in [0.1, 0.15) is 18.2 Å². The highest BCUT2D eigenvalue weighted by Crippen LogP contribution is 2.26. The molecule has 22 heavy (non-hydrogen) atoms. The molecule has 0 amide bonds. The molecule has 0 spiro atoms. The Bertz CT molecular complexity index is 803. The molecule has 0 aliphatic heterocycles. The van der Waals surface area contributed by atoms with Crippen molar-refractivity contribution in [2.24, 2.45) is 0 Å². The topological polar surface area (TPSA) is 120 Å². The Morgan fingerprint density at radius 1 is 1.32 bits per heavy atom. The number of methoxy groups -OCH3 is 1. The van der Waals surface area contributed by atoms with E-state index in [1.807, 2.05) is 0 Å². The van der Waals surface area contributed by atoms with E-state index in [-0.39, 0.29) is 29.9 Å². The molecular weight excluding hydrogens is 286 g/mol. The fourth-order valence-corrected chi connectivity index (χ4v) is 1.89. The van der Waals surface area contributed by atoms with Gasteiger partial charge in [-0.05, 0) is 18.2 Å². The minimum atomic E-state index is 0.115. The number of rotatable bonds is 4. The third-order valence-electron chi connectivity index (χ3n) is 2.90. The third-order valence-corrected chi connectivity index (χ3v) is 2.90. The van der Waals surface area contributed by atoms with Crippen molar-refractivity contribution in [1.29, 1.82) is 0 Å². The number of phenols is 1. The van der Waals surface area contributed by atoms with E-state index in [1.165, 1.54) is 12.3 Å². The van der Waals surface area contributed by atoms with Crippen molar-refractivity contribution < 1.29 is 14.4 Å². The zero-order valence-corrected chi connectivity index (χ0v) is 11.7. The van der Waals surface area contributed by atoms with Crippen LogP contribution < -0.4 is 5.73 Å². The van der Waals surface area contributed by atoms with Crippen molar-refractivity contribution >= 4 is 5.82 Å². The second kappa shape index (κ2) is 5.78. The van der Waals surface area contributed by atoms with Crippen LogP contribution in [0.5, 0.6) is 5.75 Å². The average molecular weight is 299 g/mol. The third kappa shape index (κ3) is 2.72. The van der Waals surface area contributed by atoms with Gasteiger partial charge in [0.2, 0.25) is 5.82 Å². The smallest absolute Gasteiger partial charge is 0.258 e. The van der Waals surface area contributed by atoms with E-state index in [2.05, 4.69) is 20.1 Å². The molecule has 2 heterocycles. The van der Waals surface area contributed by atoms with Crippen LogP contribution in [0.3, 0.4) is 0 Å². The molecule has 0 bridgehead atoms. The molecule has 3 aromatic rings. The number of nitrogens with two attached hydrogens (primary N) is 1. The fourth-order valence-electron chi connectivity index (χ4n) is 1.89. The second-order valence-electron chi connectivity index (χ2n) is 4.49. The maximum atomic E-state index is 9.48. The van der Waals surface area contributed by atoms with Crippen LogP contribution in [0.2, 0.25) is 0 Å². The Balaban J connectivity index is 1.94. The van der Waals surface area contributed by atoms with Gasteiger partial charge >= 0.3 is 0 Å². The maximum absolute atomic E-state index is 9.48. The summed E-state index contributed by atoms with van der Waals surface area (Å²) in [5, 5.41) is 13.4. The van der Waals surface area contributed by atoms with Crippen LogP contribution in [0, 0.1) is 0 Å². The molecule has 0 saturated heterocycles. The summed E-state index contributed by atoms with van der Waals surface area (Å²) in [6.45, 7) is 0.269. The SMILES string of the molecule is COCc1ncc(-c2noc(-c3cccc(O)c3)n2)c(N)n1. The first-order valence-corrected chi connectivity index (χ1v) is 6.41. The minimum Gasteiger partial charge on any atom is -0.508 e. The molecule has 2 aromatic heterocycles. The molecule has 112 valence electrons. The number of ether oxygens (including phenoxy) is 1. The molecule has 3 rings (SSSR count). The van der Waals surface area contributed by atoms with E-state index < -0.39 is 0 Å². The van der Waals surface area contributed by atoms with E-state index in [1.54, 1.807) is 25.3 Å². The molecule has 8 heteroatoms. The van der Waals surface area contributed by atoms with Gasteiger partial charge in [-0.3, -0.25) is 0 Å². The number of aromatic nitrogens is 4. The van der Waals surface area contributed by atoms with E-state index in [0.717, 1.165) is 0 Å². The Morgan fingerprint density at radius 2 is 2.18 bits per heavy atom. The highest BCUT2D eigenvalue weighted by molar-refractivity contribution is 5.68. The number of aromatic hydroxyl groups is 1. The molecule has 0 radical (unpaired) electrons. The lowest BCUT2D eigenvalue weighted by Crippen LogP contribution is -2.03. The van der Waals surface area contributed by atoms with Gasteiger partial charge in [0.15, 0.2) is 5.82 Å². The summed E-state index contributed by atoms with van der Waals surface area (Å²) in [7, 11) is 1.55. The fraction of sp³-hybridized carbons (Fsp3) is 0.143. The zero-order valence-electron chi connectivity index (χ0n) is 11.7. The van der Waals surface area contributed by atoms with Crippen molar-refractivity contribution in [2.75, 3.05) is 12.8 Å². The van der Waals surface area contributed by atoms with E-state index >= 15 is 0 Å². The first kappa shape index (κ1) is 14.0. The summed E-state index contributed by atoms with van der Waals surface area (Å²) in [4.78, 5) is 12.5. The van der Waals surface area contributed by atoms with Gasteiger partial charge in [-0.1, -0.05) is 11.2 Å². The summed E-state index contributed by atoms with van der Waals surface area (Å²) in [5.74, 6) is 1.38. The van der Waals surface area contributed by atoms with Crippen LogP contribution in [-0.4, -0.2) is 32.3 Å². The van der Waals surface area contributed by atoms with Gasteiger partial charge in [-0.25, -0.2) is 9.97 Å². The van der Waals surface area contributed by atoms with Crippen LogP contribution in [0.25, 0.3) is 22.8 Å². The number of hydrogen-bond donors (Lipinski definition) is 2. The number of phenolic OH excluding ortho intramolecular Hbond substituents is 1. The minimum absolute atomic E-state index is 0.115. The van der Waals surface area contributed by atoms with Crippen molar-refractivity contribution in [2.45, 2.75) is 6.61 Å². The number of nitrogen functional groups attached to an aromatic ring is 1. The van der Waals surface area contributed by atoms with Crippen molar-refractivity contribution in [3.8, 4) is 28.6 Å². The van der Waals surface area contributed by atoms with Gasteiger partial charge < -0.3 is 20.1 Å². The van der Waals surface area contributed by atoms with Crippen molar-refractivity contribution in [3.63, 3.8) is 0 Å². The van der Waals surface area contributed by atoms with Gasteiger partial charge in [0.25, 0.3) is 5.89 Å². The van der Waals surface area contributed by atoms with Crippen LogP contribution >= 0.6 is 0 Å². The van der Waals surface area contributed by atoms with Crippen LogP contribution in [-0.2, 0) is 11.3 Å². The lowest BCUT2D eigenvalue weighted by atomic mass is 10.2. The highest BCUT2D eigenvalue weighted by Gasteiger charge is 2.15. The predicted octanol–water partition coefficient (Wildman–Crippen LogP) is 1.63. The van der Waals surface area contributed by atoms with E-state index in [4.69, 9.17) is 15.0 Å². The van der Waals surface area contributed by atoms with Crippen molar-refractivity contribution in [3.05, 3.63) is 36.3 Å². The molecule has 0 atom stereocenters. The number of benzene rings is 1. The molecule has 0 aliphatic rings. The van der Waals surface area contributed by atoms with Crippen LogP contribution in [0.1, 0.15) is 5.82 Å². The molecular formula is C14H13N5O3. The van der Waals surface area contributed by atoms with Crippen molar-refractivity contribution in [1.82, 2.24) is 20.1 Å². The molecule has 0 unspecified atom stereocenters. The average Bonchev–Trinajstić information content (AvgIpc) is 2.97. The Morgan fingerprint density at radius 3 is 2.91 bits per heavy atom. The Kier molecular flexibility index (Phi) is 3.67. The monoisotopic (exact) mass is 299 g/mol. The standard InChI is InChI=1S/C14H13N5O3/c1-21-7-11-16-6-10(12(15)17-11)13-18-14(22-19-13)8-3-2-4-9(20)5-8/h2-6,20H,7H2,1H3,(H2,15,16,17). The van der Waals surface area contributed by atoms with E-state index in [9.17, 15) is 5.11 Å². The Hall–Kier alpha value is -3.00. The van der Waals surface area contributed by atoms with Gasteiger partial charge in [0, 0.05) is 18.9 Å². The lowest BCUT2D eigenvalue weighted by molar-refractivity contribution is 0.178. The maximum Gasteiger partial charge on any atom is 0.258 e. The van der Waals surface area contributed by atoms with Gasteiger partial charge in [0.05, 0.1) is 5.56 Å². The summed E-state index contributed by atoms with van der Waals surface area (Å²) in [5.41, 5.74) is 6.96. The zero-order chi connectivity index (χ0) is 15.5. The summed E-state index contributed by atoms with van der Waals surface area (Å²) >= 11 is 0. The molecule has 0 aliphatic carbocycles. The van der Waals surface area contributed by atoms with Crippen LogP contribution in [0.4, 0.5) is 5.82 Å². The molecule has 3 N–H and O–H groups in total. The summed E-state index contributed by atoms with van der Waals surface area (Å²) < 4.78 is 10.1. The molecule has 0 saturated carbocycles. The highest BCUT2D eigenvalue weighted by atomic mass is 16.5. The molecule has 1 aromatic carbocycles. The summed E-state index contributed by atoms with van der Waals surface area (Å²) in [6.07, 6.45) is 1.52. The number of anilines is 1. The van der Waals surface area contributed by atoms with Crippen LogP contribution in [0.15, 0.2) is 35.0 Å². The second-order valence-corrected chi connectivity index (χ2v) is 4.49. The number of hydrogen-bond acceptors (Lipinski definition) is 8. The molecule has 8 nitrogen and oxygen atoms in total. The van der Waals surface area contributed by atoms with Gasteiger partial charge in [-0.15, -0.1) is 0 Å². The Labute approximate surface area is 125 Å². The number of nitrogens with zero attached hydrogens (tertiary/aromatic N) is 4.